The van der Waals surface area contributed by atoms with Gasteiger partial charge in [0, 0.05) is 5.69 Å². The molecule has 1 N–H and O–H groups in total. The molecule has 3 aromatic rings. The van der Waals surface area contributed by atoms with Crippen LogP contribution in [-0.4, -0.2) is 27.5 Å². The van der Waals surface area contributed by atoms with Crippen molar-refractivity contribution in [3.63, 3.8) is 0 Å². The molecule has 0 fully saturated rings. The number of carbonyl (C=O) groups is 1. The Hall–Kier alpha value is -3.24. The second-order valence-corrected chi connectivity index (χ2v) is 9.24. The van der Waals surface area contributed by atoms with Crippen molar-refractivity contribution in [3.05, 3.63) is 83.4 Å². The maximum Gasteiger partial charge on any atom is 0.417 e. The number of rotatable bonds is 8. The van der Waals surface area contributed by atoms with E-state index in [9.17, 15) is 26.4 Å². The molecule has 180 valence electrons. The molecule has 1 amide bonds. The Labute approximate surface area is 200 Å². The highest BCUT2D eigenvalue weighted by Gasteiger charge is 2.34. The molecule has 0 bridgehead atoms. The molecular formula is C23H20ClF3N2O4S. The maximum atomic E-state index is 13.4. The SMILES string of the molecule is CCOc1ccccc1N(CC(=O)Nc1ccc(Cl)c(C(F)(F)F)c1)S(=O)(=O)c1ccccc1. The zero-order valence-corrected chi connectivity index (χ0v) is 19.4. The van der Waals surface area contributed by atoms with E-state index in [0.717, 1.165) is 10.4 Å². The summed E-state index contributed by atoms with van der Waals surface area (Å²) in [7, 11) is -4.23. The molecule has 0 aliphatic rings. The second-order valence-electron chi connectivity index (χ2n) is 6.97. The number of hydrogen-bond donors (Lipinski definition) is 1. The lowest BCUT2D eigenvalue weighted by molar-refractivity contribution is -0.137. The minimum absolute atomic E-state index is 0.0695. The van der Waals surface area contributed by atoms with Crippen molar-refractivity contribution in [2.75, 3.05) is 22.8 Å². The van der Waals surface area contributed by atoms with Crippen molar-refractivity contribution >= 4 is 38.9 Å². The summed E-state index contributed by atoms with van der Waals surface area (Å²) >= 11 is 5.62. The number of amides is 1. The summed E-state index contributed by atoms with van der Waals surface area (Å²) in [6.07, 6.45) is -4.73. The summed E-state index contributed by atoms with van der Waals surface area (Å²) < 4.78 is 72.7. The number of benzene rings is 3. The molecule has 0 aromatic heterocycles. The first kappa shape index (κ1) is 25.4. The van der Waals surface area contributed by atoms with E-state index in [4.69, 9.17) is 16.3 Å². The Morgan fingerprint density at radius 1 is 1.03 bits per heavy atom. The molecule has 0 saturated heterocycles. The van der Waals surface area contributed by atoms with Crippen LogP contribution in [0.25, 0.3) is 0 Å². The fraction of sp³-hybridized carbons (Fsp3) is 0.174. The third kappa shape index (κ3) is 5.81. The number of para-hydroxylation sites is 2. The van der Waals surface area contributed by atoms with Gasteiger partial charge in [0.05, 0.1) is 27.8 Å². The molecular weight excluding hydrogens is 493 g/mol. The van der Waals surface area contributed by atoms with Crippen molar-refractivity contribution in [2.24, 2.45) is 0 Å². The van der Waals surface area contributed by atoms with Crippen LogP contribution in [0.5, 0.6) is 5.75 Å². The number of carbonyl (C=O) groups excluding carboxylic acids is 1. The first-order chi connectivity index (χ1) is 16.0. The number of alkyl halides is 3. The van der Waals surface area contributed by atoms with Gasteiger partial charge in [0.25, 0.3) is 10.0 Å². The van der Waals surface area contributed by atoms with Crippen molar-refractivity contribution in [3.8, 4) is 5.75 Å². The summed E-state index contributed by atoms with van der Waals surface area (Å²) in [6, 6.07) is 16.6. The van der Waals surface area contributed by atoms with Gasteiger partial charge in [-0.15, -0.1) is 0 Å². The number of ether oxygens (including phenoxy) is 1. The van der Waals surface area contributed by atoms with Gasteiger partial charge in [0.2, 0.25) is 5.91 Å². The van der Waals surface area contributed by atoms with Crippen LogP contribution in [0.4, 0.5) is 24.5 Å². The smallest absolute Gasteiger partial charge is 0.417 e. The molecule has 11 heteroatoms. The highest BCUT2D eigenvalue weighted by Crippen LogP contribution is 2.36. The third-order valence-corrected chi connectivity index (χ3v) is 6.71. The van der Waals surface area contributed by atoms with Crippen molar-refractivity contribution in [1.29, 1.82) is 0 Å². The van der Waals surface area contributed by atoms with E-state index in [-0.39, 0.29) is 28.6 Å². The third-order valence-electron chi connectivity index (χ3n) is 4.61. The average molecular weight is 513 g/mol. The van der Waals surface area contributed by atoms with Crippen LogP contribution in [0.2, 0.25) is 5.02 Å². The monoisotopic (exact) mass is 512 g/mol. The van der Waals surface area contributed by atoms with Crippen LogP contribution in [0, 0.1) is 0 Å². The number of nitrogens with one attached hydrogen (secondary N) is 1. The standard InChI is InChI=1S/C23H20ClF3N2O4S/c1-2-33-21-11-7-6-10-20(21)29(34(31,32)17-8-4-3-5-9-17)15-22(30)28-16-12-13-19(24)18(14-16)23(25,26)27/h3-14H,2,15H2,1H3,(H,28,30). The topological polar surface area (TPSA) is 75.7 Å². The molecule has 3 rings (SSSR count). The predicted octanol–water partition coefficient (Wildman–Crippen LogP) is 5.59. The molecule has 6 nitrogen and oxygen atoms in total. The van der Waals surface area contributed by atoms with Gasteiger partial charge in [-0.2, -0.15) is 13.2 Å². The van der Waals surface area contributed by atoms with E-state index in [1.807, 2.05) is 0 Å². The Balaban J connectivity index is 1.98. The molecule has 0 atom stereocenters. The largest absolute Gasteiger partial charge is 0.492 e. The first-order valence-electron chi connectivity index (χ1n) is 10.00. The van der Waals surface area contributed by atoms with E-state index < -0.39 is 39.2 Å². The van der Waals surface area contributed by atoms with E-state index in [1.54, 1.807) is 31.2 Å². The van der Waals surface area contributed by atoms with Crippen LogP contribution in [-0.2, 0) is 21.0 Å². The zero-order valence-electron chi connectivity index (χ0n) is 17.8. The average Bonchev–Trinajstić information content (AvgIpc) is 2.79. The summed E-state index contributed by atoms with van der Waals surface area (Å²) in [5.41, 5.74) is -1.20. The van der Waals surface area contributed by atoms with Crippen molar-refractivity contribution < 1.29 is 31.1 Å². The van der Waals surface area contributed by atoms with Crippen LogP contribution in [0.1, 0.15) is 12.5 Å². The lowest BCUT2D eigenvalue weighted by atomic mass is 10.2. The van der Waals surface area contributed by atoms with E-state index in [1.165, 1.54) is 36.4 Å². The first-order valence-corrected chi connectivity index (χ1v) is 11.8. The molecule has 0 unspecified atom stereocenters. The fourth-order valence-electron chi connectivity index (χ4n) is 3.11. The summed E-state index contributed by atoms with van der Waals surface area (Å²) in [4.78, 5) is 12.7. The van der Waals surface area contributed by atoms with Crippen LogP contribution < -0.4 is 14.4 Å². The lowest BCUT2D eigenvalue weighted by Gasteiger charge is -2.26. The van der Waals surface area contributed by atoms with Gasteiger partial charge in [-0.3, -0.25) is 9.10 Å². The van der Waals surface area contributed by atoms with Crippen LogP contribution >= 0.6 is 11.6 Å². The second kappa shape index (κ2) is 10.4. The number of halogens is 4. The minimum Gasteiger partial charge on any atom is -0.492 e. The molecule has 0 radical (unpaired) electrons. The molecule has 0 aliphatic heterocycles. The van der Waals surface area contributed by atoms with Gasteiger partial charge in [-0.1, -0.05) is 41.9 Å². The Bertz CT molecular complexity index is 1270. The summed E-state index contributed by atoms with van der Waals surface area (Å²) in [5.74, 6) is -0.635. The normalized spacial score (nSPS) is 11.7. The van der Waals surface area contributed by atoms with Crippen LogP contribution in [0.3, 0.4) is 0 Å². The maximum absolute atomic E-state index is 13.4. The Morgan fingerprint density at radius 3 is 2.32 bits per heavy atom. The van der Waals surface area contributed by atoms with E-state index >= 15 is 0 Å². The molecule has 3 aromatic carbocycles. The van der Waals surface area contributed by atoms with Crippen molar-refractivity contribution in [1.82, 2.24) is 0 Å². The van der Waals surface area contributed by atoms with Gasteiger partial charge in [-0.25, -0.2) is 8.42 Å². The molecule has 0 spiro atoms. The van der Waals surface area contributed by atoms with Gasteiger partial charge in [0.15, 0.2) is 0 Å². The number of anilines is 2. The lowest BCUT2D eigenvalue weighted by Crippen LogP contribution is -2.38. The summed E-state index contributed by atoms with van der Waals surface area (Å²) in [5, 5.41) is 1.79. The summed E-state index contributed by atoms with van der Waals surface area (Å²) in [6.45, 7) is 1.25. The number of sulfonamides is 1. The number of hydrogen-bond acceptors (Lipinski definition) is 4. The molecule has 0 aliphatic carbocycles. The molecule has 34 heavy (non-hydrogen) atoms. The zero-order chi connectivity index (χ0) is 24.9. The Kier molecular flexibility index (Phi) is 7.73. The van der Waals surface area contributed by atoms with Gasteiger partial charge in [0.1, 0.15) is 12.3 Å². The van der Waals surface area contributed by atoms with Crippen LogP contribution in [0.15, 0.2) is 77.7 Å². The number of nitrogens with zero attached hydrogens (tertiary/aromatic N) is 1. The highest BCUT2D eigenvalue weighted by molar-refractivity contribution is 7.92. The van der Waals surface area contributed by atoms with Crippen molar-refractivity contribution in [2.45, 2.75) is 18.0 Å². The Morgan fingerprint density at radius 2 is 1.68 bits per heavy atom. The highest BCUT2D eigenvalue weighted by atomic mass is 35.5. The van der Waals surface area contributed by atoms with E-state index in [2.05, 4.69) is 5.32 Å². The predicted molar refractivity (Wildman–Crippen MR) is 124 cm³/mol. The quantitative estimate of drug-likeness (QED) is 0.427. The fourth-order valence-corrected chi connectivity index (χ4v) is 4.79. The molecule has 0 heterocycles. The van der Waals surface area contributed by atoms with Gasteiger partial charge >= 0.3 is 6.18 Å². The van der Waals surface area contributed by atoms with Gasteiger partial charge < -0.3 is 10.1 Å². The van der Waals surface area contributed by atoms with Gasteiger partial charge in [-0.05, 0) is 49.4 Å². The molecule has 0 saturated carbocycles. The van der Waals surface area contributed by atoms with E-state index in [0.29, 0.717) is 6.07 Å². The minimum atomic E-state index is -4.73.